The molecule has 0 amide bonds. The van der Waals surface area contributed by atoms with E-state index in [2.05, 4.69) is 99.8 Å². The molecular formula is C58H88O6. The first-order valence-electron chi connectivity index (χ1n) is 25.0. The van der Waals surface area contributed by atoms with Crippen molar-refractivity contribution in [3.8, 4) is 0 Å². The minimum atomic E-state index is -0.818. The lowest BCUT2D eigenvalue weighted by Gasteiger charge is -2.18. The summed E-state index contributed by atoms with van der Waals surface area (Å²) in [6.07, 6.45) is 72.5. The lowest BCUT2D eigenvalue weighted by Crippen LogP contribution is -2.30. The minimum absolute atomic E-state index is 0.116. The molecule has 0 rings (SSSR count). The van der Waals surface area contributed by atoms with E-state index in [0.717, 1.165) is 128 Å². The smallest absolute Gasteiger partial charge is 0.306 e. The summed E-state index contributed by atoms with van der Waals surface area (Å²) in [6.45, 7) is 6.15. The molecule has 0 aliphatic heterocycles. The first-order valence-corrected chi connectivity index (χ1v) is 25.0. The van der Waals surface area contributed by atoms with Crippen LogP contribution in [0, 0.1) is 0 Å². The Bertz CT molecular complexity index is 1480. The maximum atomic E-state index is 12.8. The van der Waals surface area contributed by atoms with Crippen LogP contribution in [-0.2, 0) is 28.6 Å². The lowest BCUT2D eigenvalue weighted by molar-refractivity contribution is -0.167. The van der Waals surface area contributed by atoms with Crippen LogP contribution < -0.4 is 0 Å². The molecule has 0 saturated heterocycles. The van der Waals surface area contributed by atoms with Crippen LogP contribution in [0.4, 0.5) is 0 Å². The van der Waals surface area contributed by atoms with Crippen molar-refractivity contribution in [2.45, 2.75) is 187 Å². The van der Waals surface area contributed by atoms with Gasteiger partial charge in [0, 0.05) is 19.3 Å². The van der Waals surface area contributed by atoms with Crippen LogP contribution in [0.2, 0.25) is 0 Å². The van der Waals surface area contributed by atoms with E-state index in [1.807, 2.05) is 66.8 Å². The van der Waals surface area contributed by atoms with E-state index in [1.54, 1.807) is 0 Å². The molecule has 0 bridgehead atoms. The third-order valence-electron chi connectivity index (χ3n) is 9.79. The number of rotatable bonds is 42. The largest absolute Gasteiger partial charge is 0.462 e. The monoisotopic (exact) mass is 881 g/mol. The summed E-state index contributed by atoms with van der Waals surface area (Å²) >= 11 is 0. The molecule has 64 heavy (non-hydrogen) atoms. The van der Waals surface area contributed by atoms with Gasteiger partial charge in [-0.1, -0.05) is 218 Å². The van der Waals surface area contributed by atoms with Crippen molar-refractivity contribution in [1.29, 1.82) is 0 Å². The van der Waals surface area contributed by atoms with E-state index in [9.17, 15) is 14.4 Å². The van der Waals surface area contributed by atoms with E-state index >= 15 is 0 Å². The standard InChI is InChI=1S/C58H88O6/c1-4-7-10-13-16-19-22-25-27-29-31-33-36-39-42-45-48-51-57(60)63-54-55(53-62-56(59)50-47-44-41-38-35-32-24-21-18-15-12-9-6-3)64-58(61)52-49-46-43-40-37-34-30-28-26-23-20-17-14-11-8-5-2/h7-13,15-22,24-29,31,33,36,55H,4-6,14,23,30,32,34-35,37-54H2,1-3H3/b10-7+,11-8+,12-9+,16-13+,18-15+,20-17+,22-19+,24-21+,27-25+,28-26+,31-29+,36-33+. The molecule has 0 aromatic heterocycles. The highest BCUT2D eigenvalue weighted by Gasteiger charge is 2.19. The van der Waals surface area contributed by atoms with Crippen molar-refractivity contribution in [2.24, 2.45) is 0 Å². The first-order chi connectivity index (χ1) is 31.5. The molecule has 0 aliphatic carbocycles. The van der Waals surface area contributed by atoms with Crippen LogP contribution in [-0.4, -0.2) is 37.2 Å². The molecule has 1 unspecified atom stereocenters. The average Bonchev–Trinajstić information content (AvgIpc) is 3.29. The summed E-state index contributed by atoms with van der Waals surface area (Å²) in [4.78, 5) is 38.0. The van der Waals surface area contributed by atoms with E-state index in [4.69, 9.17) is 14.2 Å². The first kappa shape index (κ1) is 59.3. The van der Waals surface area contributed by atoms with E-state index in [-0.39, 0.29) is 31.1 Å². The molecule has 1 atom stereocenters. The van der Waals surface area contributed by atoms with E-state index < -0.39 is 6.10 Å². The maximum absolute atomic E-state index is 12.8. The van der Waals surface area contributed by atoms with Gasteiger partial charge in [-0.15, -0.1) is 0 Å². The molecule has 0 heterocycles. The molecule has 0 fully saturated rings. The summed E-state index contributed by atoms with van der Waals surface area (Å²) in [5.74, 6) is -1.01. The molecule has 0 aromatic carbocycles. The summed E-state index contributed by atoms with van der Waals surface area (Å²) in [6, 6.07) is 0. The predicted molar refractivity (Wildman–Crippen MR) is 274 cm³/mol. The highest BCUT2D eigenvalue weighted by molar-refractivity contribution is 5.71. The molecule has 6 nitrogen and oxygen atoms in total. The Kier molecular flexibility index (Phi) is 47.2. The predicted octanol–water partition coefficient (Wildman–Crippen LogP) is 16.5. The molecular weight excluding hydrogens is 793 g/mol. The Morgan fingerprint density at radius 1 is 0.328 bits per heavy atom. The second-order valence-corrected chi connectivity index (χ2v) is 15.8. The zero-order valence-electron chi connectivity index (χ0n) is 40.5. The fraction of sp³-hybridized carbons (Fsp3) is 0.534. The Hall–Kier alpha value is -4.71. The quantitative estimate of drug-likeness (QED) is 0.0200. The zero-order valence-corrected chi connectivity index (χ0v) is 40.5. The van der Waals surface area contributed by atoms with Crippen molar-refractivity contribution in [3.63, 3.8) is 0 Å². The molecule has 0 aliphatic rings. The van der Waals surface area contributed by atoms with Crippen molar-refractivity contribution in [2.75, 3.05) is 13.2 Å². The third-order valence-corrected chi connectivity index (χ3v) is 9.79. The summed E-state index contributed by atoms with van der Waals surface area (Å²) < 4.78 is 16.7. The van der Waals surface area contributed by atoms with Gasteiger partial charge in [0.1, 0.15) is 13.2 Å². The molecule has 356 valence electrons. The number of unbranched alkanes of at least 4 members (excludes halogenated alkanes) is 14. The Balaban J connectivity index is 4.57. The average molecular weight is 881 g/mol. The Morgan fingerprint density at radius 3 is 1.08 bits per heavy atom. The number of hydrogen-bond donors (Lipinski definition) is 0. The molecule has 0 saturated carbocycles. The van der Waals surface area contributed by atoms with Crippen LogP contribution in [0.3, 0.4) is 0 Å². The zero-order chi connectivity index (χ0) is 46.5. The van der Waals surface area contributed by atoms with Crippen molar-refractivity contribution in [1.82, 2.24) is 0 Å². The SMILES string of the molecule is CC/C=C/C=C/C=C/C=C/C=C/C=C/CCCCCC(=O)OCC(COC(=O)CCCCCCC/C=C/C=C/C=C/CC)OC(=O)CCCCCCCC/C=C/C/C=C/C/C=C/CC. The van der Waals surface area contributed by atoms with Gasteiger partial charge in [-0.3, -0.25) is 14.4 Å². The lowest BCUT2D eigenvalue weighted by atomic mass is 10.1. The van der Waals surface area contributed by atoms with Gasteiger partial charge < -0.3 is 14.2 Å². The Labute approximate surface area is 391 Å². The van der Waals surface area contributed by atoms with Crippen LogP contribution in [0.25, 0.3) is 0 Å². The van der Waals surface area contributed by atoms with Gasteiger partial charge in [-0.05, 0) is 89.9 Å². The molecule has 0 radical (unpaired) electrons. The van der Waals surface area contributed by atoms with Crippen LogP contribution in [0.15, 0.2) is 146 Å². The van der Waals surface area contributed by atoms with Crippen molar-refractivity contribution in [3.05, 3.63) is 146 Å². The van der Waals surface area contributed by atoms with Crippen molar-refractivity contribution >= 4 is 17.9 Å². The summed E-state index contributed by atoms with van der Waals surface area (Å²) in [7, 11) is 0. The number of carbonyl (C=O) groups is 3. The van der Waals surface area contributed by atoms with Crippen LogP contribution >= 0.6 is 0 Å². The van der Waals surface area contributed by atoms with Gasteiger partial charge >= 0.3 is 17.9 Å². The third kappa shape index (κ3) is 48.3. The van der Waals surface area contributed by atoms with Gasteiger partial charge in [0.05, 0.1) is 0 Å². The minimum Gasteiger partial charge on any atom is -0.462 e. The highest BCUT2D eigenvalue weighted by Crippen LogP contribution is 2.13. The molecule has 6 heteroatoms. The van der Waals surface area contributed by atoms with Crippen LogP contribution in [0.5, 0.6) is 0 Å². The number of allylic oxidation sites excluding steroid dienone is 24. The van der Waals surface area contributed by atoms with Gasteiger partial charge in [-0.2, -0.15) is 0 Å². The normalized spacial score (nSPS) is 13.4. The number of esters is 3. The number of carbonyl (C=O) groups excluding carboxylic acids is 3. The van der Waals surface area contributed by atoms with Gasteiger partial charge in [-0.25, -0.2) is 0 Å². The van der Waals surface area contributed by atoms with Crippen molar-refractivity contribution < 1.29 is 28.6 Å². The number of ether oxygens (including phenoxy) is 3. The van der Waals surface area contributed by atoms with Gasteiger partial charge in [0.15, 0.2) is 6.10 Å². The second-order valence-electron chi connectivity index (χ2n) is 15.8. The van der Waals surface area contributed by atoms with Gasteiger partial charge in [0.2, 0.25) is 0 Å². The second kappa shape index (κ2) is 50.9. The van der Waals surface area contributed by atoms with Crippen LogP contribution in [0.1, 0.15) is 181 Å². The summed E-state index contributed by atoms with van der Waals surface area (Å²) in [5, 5.41) is 0. The van der Waals surface area contributed by atoms with E-state index in [1.165, 1.54) is 12.8 Å². The summed E-state index contributed by atoms with van der Waals surface area (Å²) in [5.41, 5.74) is 0. The number of hydrogen-bond acceptors (Lipinski definition) is 6. The van der Waals surface area contributed by atoms with Gasteiger partial charge in [0.25, 0.3) is 0 Å². The van der Waals surface area contributed by atoms with E-state index in [0.29, 0.717) is 19.3 Å². The molecule has 0 N–H and O–H groups in total. The Morgan fingerprint density at radius 2 is 0.641 bits per heavy atom. The fourth-order valence-electron chi connectivity index (χ4n) is 6.13. The maximum Gasteiger partial charge on any atom is 0.306 e. The fourth-order valence-corrected chi connectivity index (χ4v) is 6.13. The molecule has 0 aromatic rings. The highest BCUT2D eigenvalue weighted by atomic mass is 16.6. The molecule has 0 spiro atoms. The topological polar surface area (TPSA) is 78.9 Å².